The summed E-state index contributed by atoms with van der Waals surface area (Å²) >= 11 is 0. The van der Waals surface area contributed by atoms with E-state index in [0.29, 0.717) is 5.75 Å². The number of carbonyl (C=O) groups excluding carboxylic acids is 4. The average Bonchev–Trinajstić information content (AvgIpc) is 3.78. The van der Waals surface area contributed by atoms with Crippen LogP contribution in [0.1, 0.15) is 30.5 Å². The highest BCUT2D eigenvalue weighted by Gasteiger charge is 2.50. The SMILES string of the molecule is COc1ccc(C[C@H](NC(=O)[C@@H](C)NC(=O)OCc2ccccc2)C(=O)N[C@@H](Cc2ccccc2)C(=O)[C@@]2(C)CO2)cc1. The van der Waals surface area contributed by atoms with Gasteiger partial charge < -0.3 is 30.2 Å². The first-order chi connectivity index (χ1) is 20.7. The predicted molar refractivity (Wildman–Crippen MR) is 159 cm³/mol. The van der Waals surface area contributed by atoms with E-state index in [9.17, 15) is 19.2 Å². The van der Waals surface area contributed by atoms with Gasteiger partial charge in [0.15, 0.2) is 5.78 Å². The van der Waals surface area contributed by atoms with Crippen LogP contribution < -0.4 is 20.7 Å². The second-order valence-corrected chi connectivity index (χ2v) is 10.7. The van der Waals surface area contributed by atoms with Crippen molar-refractivity contribution in [2.24, 2.45) is 0 Å². The Morgan fingerprint density at radius 1 is 0.767 bits per heavy atom. The molecule has 0 bridgehead atoms. The normalized spacial score (nSPS) is 17.5. The monoisotopic (exact) mass is 587 g/mol. The maximum Gasteiger partial charge on any atom is 0.408 e. The van der Waals surface area contributed by atoms with E-state index in [1.54, 1.807) is 38.3 Å². The molecule has 0 unspecified atom stereocenters. The first-order valence-electron chi connectivity index (χ1n) is 14.1. The Bertz CT molecular complexity index is 1390. The summed E-state index contributed by atoms with van der Waals surface area (Å²) in [5, 5.41) is 8.10. The number of amides is 3. The molecule has 4 atom stereocenters. The fourth-order valence-electron chi connectivity index (χ4n) is 4.46. The first-order valence-corrected chi connectivity index (χ1v) is 14.1. The molecule has 3 amide bonds. The van der Waals surface area contributed by atoms with Crippen molar-refractivity contribution in [1.29, 1.82) is 0 Å². The molecule has 226 valence electrons. The third-order valence-electron chi connectivity index (χ3n) is 7.19. The number of hydrogen-bond acceptors (Lipinski definition) is 7. The molecule has 3 N–H and O–H groups in total. The molecule has 0 saturated carbocycles. The van der Waals surface area contributed by atoms with Crippen LogP contribution in [-0.2, 0) is 43.3 Å². The topological polar surface area (TPSA) is 135 Å². The highest BCUT2D eigenvalue weighted by Crippen LogP contribution is 2.29. The number of benzene rings is 3. The van der Waals surface area contributed by atoms with Crippen molar-refractivity contribution in [3.8, 4) is 5.75 Å². The number of ether oxygens (including phenoxy) is 3. The number of rotatable bonds is 14. The summed E-state index contributed by atoms with van der Waals surface area (Å²) in [6.07, 6.45) is -0.375. The van der Waals surface area contributed by atoms with E-state index in [-0.39, 0.29) is 31.8 Å². The van der Waals surface area contributed by atoms with Gasteiger partial charge in [-0.25, -0.2) is 4.79 Å². The third-order valence-corrected chi connectivity index (χ3v) is 7.19. The van der Waals surface area contributed by atoms with E-state index < -0.39 is 41.6 Å². The average molecular weight is 588 g/mol. The maximum absolute atomic E-state index is 13.7. The molecule has 10 heteroatoms. The van der Waals surface area contributed by atoms with Crippen LogP contribution in [0.2, 0.25) is 0 Å². The van der Waals surface area contributed by atoms with E-state index in [1.165, 1.54) is 6.92 Å². The standard InChI is InChI=1S/C33H37N3O7/c1-22(34-32(40)42-20-25-12-8-5-9-13-25)30(38)36-28(19-24-14-16-26(41-3)17-15-24)31(39)35-27(29(37)33(2)21-43-33)18-23-10-6-4-7-11-23/h4-17,22,27-28H,18-21H2,1-3H3,(H,34,40)(H,35,39)(H,36,38)/t22-,27+,28+,33-/m1/s1. The Morgan fingerprint density at radius 3 is 1.88 bits per heavy atom. The number of ketones is 1. The lowest BCUT2D eigenvalue weighted by molar-refractivity contribution is -0.133. The lowest BCUT2D eigenvalue weighted by Gasteiger charge is -2.25. The lowest BCUT2D eigenvalue weighted by Crippen LogP contribution is -2.57. The summed E-state index contributed by atoms with van der Waals surface area (Å²) in [6.45, 7) is 3.51. The van der Waals surface area contributed by atoms with Crippen LogP contribution in [0.3, 0.4) is 0 Å². The molecule has 4 rings (SSSR count). The molecule has 1 aliphatic rings. The minimum absolute atomic E-state index is 0.0446. The molecular weight excluding hydrogens is 550 g/mol. The molecular formula is C33H37N3O7. The Labute approximate surface area is 251 Å². The van der Waals surface area contributed by atoms with Gasteiger partial charge in [-0.05, 0) is 49.1 Å². The molecule has 0 spiro atoms. The molecule has 10 nitrogen and oxygen atoms in total. The number of nitrogens with one attached hydrogen (secondary N) is 3. The van der Waals surface area contributed by atoms with E-state index in [1.807, 2.05) is 60.7 Å². The lowest BCUT2D eigenvalue weighted by atomic mass is 9.94. The van der Waals surface area contributed by atoms with Crippen molar-refractivity contribution >= 4 is 23.7 Å². The van der Waals surface area contributed by atoms with Gasteiger partial charge in [-0.2, -0.15) is 0 Å². The van der Waals surface area contributed by atoms with Crippen molar-refractivity contribution in [1.82, 2.24) is 16.0 Å². The molecule has 43 heavy (non-hydrogen) atoms. The molecule has 1 saturated heterocycles. The molecule has 1 aliphatic heterocycles. The molecule has 3 aromatic rings. The first kappa shape index (κ1) is 31.2. The van der Waals surface area contributed by atoms with Crippen LogP contribution in [0.5, 0.6) is 5.75 Å². The predicted octanol–water partition coefficient (Wildman–Crippen LogP) is 3.12. The fraction of sp³-hybridized carbons (Fsp3) is 0.333. The van der Waals surface area contributed by atoms with Gasteiger partial charge in [0.2, 0.25) is 11.8 Å². The number of alkyl carbamates (subject to hydrolysis) is 1. The Hall–Kier alpha value is -4.70. The molecule has 1 heterocycles. The van der Waals surface area contributed by atoms with Crippen molar-refractivity contribution < 1.29 is 33.4 Å². The van der Waals surface area contributed by atoms with Crippen LogP contribution in [0.25, 0.3) is 0 Å². The van der Waals surface area contributed by atoms with Crippen molar-refractivity contribution in [2.75, 3.05) is 13.7 Å². The van der Waals surface area contributed by atoms with E-state index in [0.717, 1.165) is 16.7 Å². The summed E-state index contributed by atoms with van der Waals surface area (Å²) in [5.41, 5.74) is 1.47. The zero-order chi connectivity index (χ0) is 30.8. The van der Waals surface area contributed by atoms with Crippen LogP contribution in [0.4, 0.5) is 4.79 Å². The molecule has 3 aromatic carbocycles. The van der Waals surface area contributed by atoms with Gasteiger partial charge in [0.25, 0.3) is 0 Å². The quantitative estimate of drug-likeness (QED) is 0.247. The molecule has 1 fully saturated rings. The van der Waals surface area contributed by atoms with E-state index in [4.69, 9.17) is 14.2 Å². The Balaban J connectivity index is 1.45. The van der Waals surface area contributed by atoms with Gasteiger partial charge in [0.1, 0.15) is 30.0 Å². The summed E-state index contributed by atoms with van der Waals surface area (Å²) < 4.78 is 15.8. The van der Waals surface area contributed by atoms with Gasteiger partial charge in [-0.3, -0.25) is 14.4 Å². The van der Waals surface area contributed by atoms with Gasteiger partial charge in [-0.1, -0.05) is 72.8 Å². The van der Waals surface area contributed by atoms with Crippen LogP contribution in [0.15, 0.2) is 84.9 Å². The third kappa shape index (κ3) is 9.14. The van der Waals surface area contributed by atoms with Gasteiger partial charge in [0, 0.05) is 6.42 Å². The number of epoxide rings is 1. The van der Waals surface area contributed by atoms with Crippen molar-refractivity contribution in [3.63, 3.8) is 0 Å². The van der Waals surface area contributed by atoms with Crippen LogP contribution >= 0.6 is 0 Å². The highest BCUT2D eigenvalue weighted by molar-refractivity contribution is 5.98. The zero-order valence-corrected chi connectivity index (χ0v) is 24.5. The van der Waals surface area contributed by atoms with E-state index >= 15 is 0 Å². The number of methoxy groups -OCH3 is 1. The maximum atomic E-state index is 13.7. The summed E-state index contributed by atoms with van der Waals surface area (Å²) in [4.78, 5) is 52.6. The highest BCUT2D eigenvalue weighted by atomic mass is 16.6. The minimum atomic E-state index is -1.05. The van der Waals surface area contributed by atoms with Crippen LogP contribution in [0, 0.1) is 0 Å². The zero-order valence-electron chi connectivity index (χ0n) is 24.5. The van der Waals surface area contributed by atoms with Crippen molar-refractivity contribution in [2.45, 2.75) is 57.0 Å². The Kier molecular flexibility index (Phi) is 10.5. The number of hydrogen-bond donors (Lipinski definition) is 3. The summed E-state index contributed by atoms with van der Waals surface area (Å²) in [7, 11) is 1.55. The second kappa shape index (κ2) is 14.5. The fourth-order valence-corrected chi connectivity index (χ4v) is 4.46. The molecule has 0 radical (unpaired) electrons. The van der Waals surface area contributed by atoms with Crippen molar-refractivity contribution in [3.05, 3.63) is 102 Å². The molecule has 0 aliphatic carbocycles. The summed E-state index contributed by atoms with van der Waals surface area (Å²) in [5.74, 6) is -0.724. The minimum Gasteiger partial charge on any atom is -0.497 e. The summed E-state index contributed by atoms with van der Waals surface area (Å²) in [6, 6.07) is 22.7. The molecule has 0 aromatic heterocycles. The van der Waals surface area contributed by atoms with Gasteiger partial charge >= 0.3 is 6.09 Å². The number of carbonyl (C=O) groups is 4. The van der Waals surface area contributed by atoms with E-state index in [2.05, 4.69) is 16.0 Å². The number of Topliss-reactive ketones (excluding diaryl/α,β-unsaturated/α-hetero) is 1. The largest absolute Gasteiger partial charge is 0.497 e. The Morgan fingerprint density at radius 2 is 1.30 bits per heavy atom. The van der Waals surface area contributed by atoms with Gasteiger partial charge in [-0.15, -0.1) is 0 Å². The second-order valence-electron chi connectivity index (χ2n) is 10.7. The smallest absolute Gasteiger partial charge is 0.408 e. The van der Waals surface area contributed by atoms with Gasteiger partial charge in [0.05, 0.1) is 19.8 Å². The van der Waals surface area contributed by atoms with Crippen LogP contribution in [-0.4, -0.2) is 61.1 Å².